The summed E-state index contributed by atoms with van der Waals surface area (Å²) in [6.07, 6.45) is 8.07. The van der Waals surface area contributed by atoms with Gasteiger partial charge in [-0.2, -0.15) is 0 Å². The van der Waals surface area contributed by atoms with Crippen molar-refractivity contribution in [1.82, 2.24) is 4.90 Å². The molecule has 0 aliphatic carbocycles. The first-order valence-corrected chi connectivity index (χ1v) is 6.93. The van der Waals surface area contributed by atoms with Crippen LogP contribution in [0.2, 0.25) is 0 Å². The third-order valence-electron chi connectivity index (χ3n) is 2.43. The molecule has 108 valence electrons. The van der Waals surface area contributed by atoms with Gasteiger partial charge in [-0.3, -0.25) is 4.90 Å². The molecule has 1 N–H and O–H groups in total. The van der Waals surface area contributed by atoms with Gasteiger partial charge in [0.2, 0.25) is 0 Å². The van der Waals surface area contributed by atoms with Gasteiger partial charge in [-0.1, -0.05) is 39.3 Å². The van der Waals surface area contributed by atoms with Gasteiger partial charge in [0.1, 0.15) is 0 Å². The van der Waals surface area contributed by atoms with Crippen LogP contribution >= 0.6 is 0 Å². The van der Waals surface area contributed by atoms with Crippen LogP contribution in [0.15, 0.2) is 25.5 Å². The van der Waals surface area contributed by atoms with E-state index < -0.39 is 0 Å². The fraction of sp³-hybridized carbons (Fsp3) is 0.733. The highest BCUT2D eigenvalue weighted by atomic mass is 16.5. The summed E-state index contributed by atoms with van der Waals surface area (Å²) in [5.74, 6) is 0. The zero-order valence-electron chi connectivity index (χ0n) is 12.2. The number of ether oxygens (including phenoxy) is 1. The van der Waals surface area contributed by atoms with Crippen molar-refractivity contribution in [2.45, 2.75) is 39.5 Å². The second-order valence-electron chi connectivity index (χ2n) is 4.06. The van der Waals surface area contributed by atoms with Gasteiger partial charge < -0.3 is 9.84 Å². The van der Waals surface area contributed by atoms with Crippen LogP contribution in [0.25, 0.3) is 0 Å². The van der Waals surface area contributed by atoms with Crippen molar-refractivity contribution in [2.24, 2.45) is 0 Å². The first-order chi connectivity index (χ1) is 8.76. The first-order valence-electron chi connectivity index (χ1n) is 6.93. The molecule has 0 rings (SSSR count). The van der Waals surface area contributed by atoms with E-state index in [9.17, 15) is 0 Å². The molecule has 0 bridgehead atoms. The average Bonchev–Trinajstić information content (AvgIpc) is 2.41. The first kappa shape index (κ1) is 19.5. The fourth-order valence-electron chi connectivity index (χ4n) is 1.36. The Morgan fingerprint density at radius 1 is 1.06 bits per heavy atom. The van der Waals surface area contributed by atoms with Crippen LogP contribution in [0.1, 0.15) is 39.5 Å². The van der Waals surface area contributed by atoms with Crippen molar-refractivity contribution in [3.05, 3.63) is 25.5 Å². The predicted octanol–water partition coefficient (Wildman–Crippen LogP) is 3.21. The van der Waals surface area contributed by atoms with Crippen LogP contribution < -0.4 is 0 Å². The molecule has 18 heavy (non-hydrogen) atoms. The van der Waals surface area contributed by atoms with Crippen LogP contribution in [-0.2, 0) is 4.74 Å². The lowest BCUT2D eigenvalue weighted by atomic mass is 10.2. The van der Waals surface area contributed by atoms with E-state index in [0.29, 0.717) is 0 Å². The molecule has 0 aliphatic heterocycles. The van der Waals surface area contributed by atoms with Crippen LogP contribution in [0.4, 0.5) is 0 Å². The Balaban J connectivity index is 0. The van der Waals surface area contributed by atoms with E-state index in [1.54, 1.807) is 0 Å². The van der Waals surface area contributed by atoms with Crippen molar-refractivity contribution in [2.75, 3.05) is 32.8 Å². The highest BCUT2D eigenvalue weighted by Crippen LogP contribution is 1.98. The van der Waals surface area contributed by atoms with Gasteiger partial charge in [-0.25, -0.2) is 0 Å². The molecule has 0 amide bonds. The van der Waals surface area contributed by atoms with E-state index in [2.05, 4.69) is 31.9 Å². The minimum atomic E-state index is 0.0833. The van der Waals surface area contributed by atoms with Crippen LogP contribution in [0.3, 0.4) is 0 Å². The molecule has 0 fully saturated rings. The lowest BCUT2D eigenvalue weighted by Crippen LogP contribution is -2.29. The zero-order chi connectivity index (χ0) is 14.1. The van der Waals surface area contributed by atoms with Gasteiger partial charge in [0.05, 0.1) is 19.5 Å². The number of hydrogen-bond acceptors (Lipinski definition) is 3. The molecule has 0 aliphatic rings. The Kier molecular flexibility index (Phi) is 20.1. The number of unbranched alkanes of at least 4 members (excludes halogenated alkanes) is 2. The zero-order valence-corrected chi connectivity index (χ0v) is 12.2. The van der Waals surface area contributed by atoms with Crippen molar-refractivity contribution in [3.8, 4) is 0 Å². The molecule has 0 heterocycles. The summed E-state index contributed by atoms with van der Waals surface area (Å²) in [5.41, 5.74) is 0. The monoisotopic (exact) mass is 257 g/mol. The van der Waals surface area contributed by atoms with Crippen LogP contribution in [-0.4, -0.2) is 42.9 Å². The topological polar surface area (TPSA) is 32.7 Å². The second-order valence-corrected chi connectivity index (χ2v) is 4.06. The molecule has 0 aromatic carbocycles. The van der Waals surface area contributed by atoms with Crippen molar-refractivity contribution in [3.63, 3.8) is 0 Å². The van der Waals surface area contributed by atoms with Gasteiger partial charge in [-0.05, 0) is 25.9 Å². The summed E-state index contributed by atoms with van der Waals surface area (Å²) in [4.78, 5) is 2.48. The number of aliphatic hydroxyl groups is 1. The molecular weight excluding hydrogens is 226 g/mol. The molecule has 0 saturated heterocycles. The SMILES string of the molecule is C=CCO.C=COCCN(CCCC)CCCC. The molecule has 0 spiro atoms. The predicted molar refractivity (Wildman–Crippen MR) is 79.7 cm³/mol. The minimum absolute atomic E-state index is 0.0833. The van der Waals surface area contributed by atoms with Crippen LogP contribution in [0, 0.1) is 0 Å². The molecule has 0 unspecified atom stereocenters. The molecule has 0 saturated carbocycles. The summed E-state index contributed by atoms with van der Waals surface area (Å²) < 4.78 is 5.15. The molecule has 3 heteroatoms. The smallest absolute Gasteiger partial charge is 0.0999 e. The Labute approximate surface area is 113 Å². The van der Waals surface area contributed by atoms with E-state index in [-0.39, 0.29) is 6.61 Å². The van der Waals surface area contributed by atoms with E-state index in [0.717, 1.165) is 13.2 Å². The van der Waals surface area contributed by atoms with Gasteiger partial charge in [0.25, 0.3) is 0 Å². The van der Waals surface area contributed by atoms with Crippen LogP contribution in [0.5, 0.6) is 0 Å². The molecule has 0 radical (unpaired) electrons. The summed E-state index contributed by atoms with van der Waals surface area (Å²) >= 11 is 0. The largest absolute Gasteiger partial charge is 0.500 e. The highest BCUT2D eigenvalue weighted by Gasteiger charge is 2.02. The summed E-state index contributed by atoms with van der Waals surface area (Å²) in [7, 11) is 0. The normalized spacial score (nSPS) is 9.56. The third-order valence-corrected chi connectivity index (χ3v) is 2.43. The van der Waals surface area contributed by atoms with Crippen molar-refractivity contribution in [1.29, 1.82) is 0 Å². The summed E-state index contributed by atoms with van der Waals surface area (Å²) in [6, 6.07) is 0. The lowest BCUT2D eigenvalue weighted by Gasteiger charge is -2.21. The third kappa shape index (κ3) is 17.6. The maximum atomic E-state index is 7.76. The van der Waals surface area contributed by atoms with Gasteiger partial charge >= 0.3 is 0 Å². The Morgan fingerprint density at radius 2 is 1.56 bits per heavy atom. The second kappa shape index (κ2) is 18.6. The highest BCUT2D eigenvalue weighted by molar-refractivity contribution is 4.61. The van der Waals surface area contributed by atoms with Crippen molar-refractivity contribution >= 4 is 0 Å². The Bertz CT molecular complexity index is 164. The van der Waals surface area contributed by atoms with Gasteiger partial charge in [-0.15, -0.1) is 6.58 Å². The quantitative estimate of drug-likeness (QED) is 0.350. The molecule has 0 aromatic heterocycles. The maximum Gasteiger partial charge on any atom is 0.0999 e. The summed E-state index contributed by atoms with van der Waals surface area (Å²) in [5, 5.41) is 7.76. The molecule has 0 atom stereocenters. The Morgan fingerprint density at radius 3 is 1.89 bits per heavy atom. The van der Waals surface area contributed by atoms with E-state index in [4.69, 9.17) is 9.84 Å². The van der Waals surface area contributed by atoms with E-state index >= 15 is 0 Å². The van der Waals surface area contributed by atoms with Gasteiger partial charge in [0.15, 0.2) is 0 Å². The minimum Gasteiger partial charge on any atom is -0.500 e. The molecule has 3 nitrogen and oxygen atoms in total. The number of aliphatic hydroxyl groups excluding tert-OH is 1. The average molecular weight is 257 g/mol. The standard InChI is InChI=1S/C12H25NO.C3H6O/c1-4-7-9-13(10-8-5-2)11-12-14-6-3;1-2-3-4/h6H,3-5,7-12H2,1-2H3;2,4H,1,3H2. The van der Waals surface area contributed by atoms with E-state index in [1.807, 2.05) is 0 Å². The summed E-state index contributed by atoms with van der Waals surface area (Å²) in [6.45, 7) is 15.5. The number of rotatable bonds is 11. The van der Waals surface area contributed by atoms with E-state index in [1.165, 1.54) is 51.1 Å². The number of nitrogens with zero attached hydrogens (tertiary/aromatic N) is 1. The Hall–Kier alpha value is -0.800. The lowest BCUT2D eigenvalue weighted by molar-refractivity contribution is 0.175. The van der Waals surface area contributed by atoms with Gasteiger partial charge in [0, 0.05) is 6.54 Å². The number of hydrogen-bond donors (Lipinski definition) is 1. The van der Waals surface area contributed by atoms with Crippen molar-refractivity contribution < 1.29 is 9.84 Å². The molecule has 0 aromatic rings. The maximum absolute atomic E-state index is 7.76. The molecular formula is C15H31NO2. The fourth-order valence-corrected chi connectivity index (χ4v) is 1.36.